The molecule has 35 heavy (non-hydrogen) atoms. The Balaban J connectivity index is 1.50. The van der Waals surface area contributed by atoms with Crippen molar-refractivity contribution < 1.29 is 19.1 Å². The van der Waals surface area contributed by atoms with E-state index >= 15 is 0 Å². The Morgan fingerprint density at radius 1 is 0.971 bits per heavy atom. The predicted octanol–water partition coefficient (Wildman–Crippen LogP) is 5.32. The molecule has 3 aromatic rings. The Hall–Kier alpha value is -3.64. The van der Waals surface area contributed by atoms with Crippen LogP contribution >= 0.6 is 11.6 Å². The summed E-state index contributed by atoms with van der Waals surface area (Å²) in [6.07, 6.45) is 1.81. The van der Waals surface area contributed by atoms with Crippen LogP contribution in [0, 0.1) is 0 Å². The van der Waals surface area contributed by atoms with Crippen molar-refractivity contribution in [2.45, 2.75) is 32.3 Å². The fourth-order valence-corrected chi connectivity index (χ4v) is 4.75. The second-order valence-corrected chi connectivity index (χ2v) is 9.74. The number of ether oxygens (including phenoxy) is 1. The third-order valence-corrected chi connectivity index (χ3v) is 6.70. The van der Waals surface area contributed by atoms with Gasteiger partial charge in [-0.2, -0.15) is 0 Å². The van der Waals surface area contributed by atoms with Gasteiger partial charge in [-0.05, 0) is 80.8 Å². The van der Waals surface area contributed by atoms with Crippen molar-refractivity contribution in [3.05, 3.63) is 88.4 Å². The van der Waals surface area contributed by atoms with Gasteiger partial charge in [-0.3, -0.25) is 19.3 Å². The van der Waals surface area contributed by atoms with Crippen molar-refractivity contribution in [2.75, 3.05) is 22.9 Å². The Kier molecular flexibility index (Phi) is 5.85. The third kappa shape index (κ3) is 4.30. The van der Waals surface area contributed by atoms with Crippen molar-refractivity contribution in [1.29, 1.82) is 0 Å². The first kappa shape index (κ1) is 23.1. The zero-order valence-electron chi connectivity index (χ0n) is 19.6. The number of carbonyl (C=O) groups excluding carboxylic acids is 3. The highest BCUT2D eigenvalue weighted by molar-refractivity contribution is 6.30. The number of rotatable bonds is 4. The van der Waals surface area contributed by atoms with E-state index in [1.54, 1.807) is 61.2 Å². The summed E-state index contributed by atoms with van der Waals surface area (Å²) in [5, 5.41) is 0.526. The van der Waals surface area contributed by atoms with Gasteiger partial charge in [0.1, 0.15) is 5.75 Å². The van der Waals surface area contributed by atoms with Crippen LogP contribution in [0.2, 0.25) is 5.02 Å². The molecule has 0 fully saturated rings. The number of carbonyl (C=O) groups is 3. The lowest BCUT2D eigenvalue weighted by molar-refractivity contribution is -0.132. The Labute approximate surface area is 209 Å². The number of nitrogens with zero attached hydrogens (tertiary/aromatic N) is 2. The van der Waals surface area contributed by atoms with Gasteiger partial charge in [0, 0.05) is 28.4 Å². The molecule has 0 aliphatic carbocycles. The number of amides is 2. The molecule has 6 nitrogen and oxygen atoms in total. The van der Waals surface area contributed by atoms with Crippen molar-refractivity contribution >= 4 is 40.6 Å². The van der Waals surface area contributed by atoms with E-state index < -0.39 is 5.60 Å². The monoisotopic (exact) mass is 488 g/mol. The molecule has 2 aliphatic heterocycles. The van der Waals surface area contributed by atoms with Crippen LogP contribution < -0.4 is 14.5 Å². The average Bonchev–Trinajstić information content (AvgIpc) is 2.86. The van der Waals surface area contributed by atoms with Crippen molar-refractivity contribution in [3.63, 3.8) is 0 Å². The van der Waals surface area contributed by atoms with Gasteiger partial charge in [0.2, 0.25) is 0 Å². The second kappa shape index (κ2) is 8.86. The molecule has 178 valence electrons. The van der Waals surface area contributed by atoms with Crippen LogP contribution in [0.3, 0.4) is 0 Å². The highest BCUT2D eigenvalue weighted by Crippen LogP contribution is 2.39. The number of ketones is 1. The Morgan fingerprint density at radius 2 is 1.69 bits per heavy atom. The molecule has 0 radical (unpaired) electrons. The molecule has 2 heterocycles. The van der Waals surface area contributed by atoms with Crippen LogP contribution in [-0.2, 0) is 11.2 Å². The SMILES string of the molecule is CC1(C)Oc2ccc(C(=O)N3CCCc4ccccc43)cc2N(CC(=O)c2ccc(Cl)cc2)C1=O. The molecule has 0 spiro atoms. The van der Waals surface area contributed by atoms with Gasteiger partial charge in [0.15, 0.2) is 11.4 Å². The standard InChI is InChI=1S/C28H25ClN2O4/c1-28(2)27(34)31(17-24(32)19-9-12-21(29)13-10-19)23-16-20(11-14-25(23)35-28)26(33)30-15-5-7-18-6-3-4-8-22(18)30/h3-4,6,8-14,16H,5,7,15,17H2,1-2H3. The van der Waals surface area contributed by atoms with E-state index in [-0.39, 0.29) is 24.1 Å². The number of Topliss-reactive ketones (excluding diaryl/α,β-unsaturated/α-hetero) is 1. The smallest absolute Gasteiger partial charge is 0.271 e. The van der Waals surface area contributed by atoms with Crippen LogP contribution in [0.1, 0.15) is 46.5 Å². The highest BCUT2D eigenvalue weighted by atomic mass is 35.5. The number of aryl methyl sites for hydroxylation is 1. The summed E-state index contributed by atoms with van der Waals surface area (Å²) in [6, 6.07) is 19.5. The summed E-state index contributed by atoms with van der Waals surface area (Å²) in [7, 11) is 0. The van der Waals surface area contributed by atoms with Crippen LogP contribution in [0.5, 0.6) is 5.75 Å². The lowest BCUT2D eigenvalue weighted by Crippen LogP contribution is -2.54. The van der Waals surface area contributed by atoms with E-state index in [0.717, 1.165) is 24.1 Å². The zero-order chi connectivity index (χ0) is 24.7. The zero-order valence-corrected chi connectivity index (χ0v) is 20.3. The quantitative estimate of drug-likeness (QED) is 0.466. The number of hydrogen-bond acceptors (Lipinski definition) is 4. The second-order valence-electron chi connectivity index (χ2n) is 9.31. The lowest BCUT2D eigenvalue weighted by Gasteiger charge is -2.39. The Morgan fingerprint density at radius 3 is 2.46 bits per heavy atom. The maximum Gasteiger partial charge on any atom is 0.271 e. The van der Waals surface area contributed by atoms with Crippen molar-refractivity contribution in [2.24, 2.45) is 0 Å². The Bertz CT molecular complexity index is 1330. The molecule has 0 aromatic heterocycles. The summed E-state index contributed by atoms with van der Waals surface area (Å²) in [6.45, 7) is 3.78. The summed E-state index contributed by atoms with van der Waals surface area (Å²) in [5.41, 5.74) is 2.19. The summed E-state index contributed by atoms with van der Waals surface area (Å²) >= 11 is 5.95. The number of hydrogen-bond donors (Lipinski definition) is 0. The first-order chi connectivity index (χ1) is 16.7. The van der Waals surface area contributed by atoms with Crippen molar-refractivity contribution in [1.82, 2.24) is 0 Å². The fourth-order valence-electron chi connectivity index (χ4n) is 4.63. The molecule has 0 saturated carbocycles. The van der Waals surface area contributed by atoms with Gasteiger partial charge in [-0.25, -0.2) is 0 Å². The fraction of sp³-hybridized carbons (Fsp3) is 0.250. The van der Waals surface area contributed by atoms with E-state index in [9.17, 15) is 14.4 Å². The predicted molar refractivity (Wildman–Crippen MR) is 136 cm³/mol. The maximum atomic E-state index is 13.5. The number of benzene rings is 3. The lowest BCUT2D eigenvalue weighted by atomic mass is 9.99. The molecule has 0 bridgehead atoms. The third-order valence-electron chi connectivity index (χ3n) is 6.45. The van der Waals surface area contributed by atoms with E-state index in [2.05, 4.69) is 0 Å². The molecule has 2 aliphatic rings. The van der Waals surface area contributed by atoms with Gasteiger partial charge < -0.3 is 9.64 Å². The normalized spacial score (nSPS) is 16.3. The molecule has 0 atom stereocenters. The molecule has 0 N–H and O–H groups in total. The summed E-state index contributed by atoms with van der Waals surface area (Å²) in [4.78, 5) is 43.1. The summed E-state index contributed by atoms with van der Waals surface area (Å²) in [5.74, 6) is -0.282. The van der Waals surface area contributed by atoms with Crippen LogP contribution in [0.4, 0.5) is 11.4 Å². The largest absolute Gasteiger partial charge is 0.476 e. The molecule has 5 rings (SSSR count). The topological polar surface area (TPSA) is 66.9 Å². The van der Waals surface area contributed by atoms with Crippen molar-refractivity contribution in [3.8, 4) is 5.75 Å². The van der Waals surface area contributed by atoms with E-state index in [4.69, 9.17) is 16.3 Å². The molecule has 0 saturated heterocycles. The minimum atomic E-state index is -1.15. The summed E-state index contributed by atoms with van der Waals surface area (Å²) < 4.78 is 5.96. The average molecular weight is 489 g/mol. The molecular formula is C28H25ClN2O4. The van der Waals surface area contributed by atoms with Gasteiger partial charge in [-0.15, -0.1) is 0 Å². The minimum absolute atomic E-state index is 0.152. The van der Waals surface area contributed by atoms with Gasteiger partial charge >= 0.3 is 0 Å². The first-order valence-corrected chi connectivity index (χ1v) is 12.0. The van der Waals surface area contributed by atoms with Crippen LogP contribution in [-0.4, -0.2) is 36.3 Å². The van der Waals surface area contributed by atoms with E-state index in [0.29, 0.717) is 34.1 Å². The van der Waals surface area contributed by atoms with Crippen LogP contribution in [0.15, 0.2) is 66.7 Å². The molecule has 7 heteroatoms. The highest BCUT2D eigenvalue weighted by Gasteiger charge is 2.42. The van der Waals surface area contributed by atoms with Gasteiger partial charge in [-0.1, -0.05) is 29.8 Å². The molecule has 0 unspecified atom stereocenters. The maximum absolute atomic E-state index is 13.5. The molecule has 3 aromatic carbocycles. The number of anilines is 2. The molecular weight excluding hydrogens is 464 g/mol. The first-order valence-electron chi connectivity index (χ1n) is 11.6. The van der Waals surface area contributed by atoms with Crippen LogP contribution in [0.25, 0.3) is 0 Å². The van der Waals surface area contributed by atoms with E-state index in [1.165, 1.54) is 4.90 Å². The van der Waals surface area contributed by atoms with E-state index in [1.807, 2.05) is 24.3 Å². The number of fused-ring (bicyclic) bond motifs is 2. The minimum Gasteiger partial charge on any atom is -0.476 e. The number of para-hydroxylation sites is 1. The number of halogens is 1. The molecule has 2 amide bonds. The van der Waals surface area contributed by atoms with Gasteiger partial charge in [0.25, 0.3) is 11.8 Å². The van der Waals surface area contributed by atoms with Gasteiger partial charge in [0.05, 0.1) is 12.2 Å².